The molecule has 1 fully saturated rings. The van der Waals surface area contributed by atoms with Gasteiger partial charge in [-0.3, -0.25) is 0 Å². The molecule has 3 N–H and O–H groups in total. The first-order valence-electron chi connectivity index (χ1n) is 4.23. The first kappa shape index (κ1) is 8.02. The zero-order valence-corrected chi connectivity index (χ0v) is 6.81. The van der Waals surface area contributed by atoms with Crippen molar-refractivity contribution in [3.05, 3.63) is 0 Å². The van der Waals surface area contributed by atoms with E-state index in [1.165, 1.54) is 25.7 Å². The fourth-order valence-corrected chi connectivity index (χ4v) is 1.34. The highest BCUT2D eigenvalue weighted by Crippen LogP contribution is 2.16. The van der Waals surface area contributed by atoms with Gasteiger partial charge in [-0.25, -0.2) is 0 Å². The van der Waals surface area contributed by atoms with E-state index in [4.69, 9.17) is 4.74 Å². The van der Waals surface area contributed by atoms with Gasteiger partial charge in [0, 0.05) is 13.0 Å². The molecule has 1 aliphatic rings. The van der Waals surface area contributed by atoms with Crippen LogP contribution in [0, 0.1) is 0 Å². The first-order valence-corrected chi connectivity index (χ1v) is 4.23. The number of quaternary nitrogens is 1. The molecule has 1 rings (SSSR count). The Hall–Kier alpha value is -0.0800. The van der Waals surface area contributed by atoms with Gasteiger partial charge >= 0.3 is 0 Å². The minimum atomic E-state index is 0.559. The van der Waals surface area contributed by atoms with Crippen molar-refractivity contribution in [3.8, 4) is 0 Å². The van der Waals surface area contributed by atoms with Gasteiger partial charge in [0.15, 0.2) is 0 Å². The molecule has 0 aliphatic carbocycles. The van der Waals surface area contributed by atoms with Crippen molar-refractivity contribution in [2.45, 2.75) is 44.8 Å². The lowest BCUT2D eigenvalue weighted by molar-refractivity contribution is -0.415. The van der Waals surface area contributed by atoms with E-state index in [9.17, 15) is 0 Å². The van der Waals surface area contributed by atoms with Crippen LogP contribution in [-0.2, 0) is 4.74 Å². The van der Waals surface area contributed by atoms with E-state index in [1.54, 1.807) is 0 Å². The maximum absolute atomic E-state index is 5.48. The third-order valence-corrected chi connectivity index (χ3v) is 2.01. The van der Waals surface area contributed by atoms with Crippen LogP contribution in [0.25, 0.3) is 0 Å². The van der Waals surface area contributed by atoms with Crippen LogP contribution in [0.4, 0.5) is 0 Å². The summed E-state index contributed by atoms with van der Waals surface area (Å²) in [6.45, 7) is 3.14. The summed E-state index contributed by atoms with van der Waals surface area (Å²) in [5.74, 6) is 0. The van der Waals surface area contributed by atoms with Gasteiger partial charge < -0.3 is 10.5 Å². The molecule has 0 unspecified atom stereocenters. The molecule has 0 aromatic carbocycles. The average Bonchev–Trinajstić information content (AvgIpc) is 2.34. The second kappa shape index (κ2) is 3.94. The first-order chi connectivity index (χ1) is 4.79. The summed E-state index contributed by atoms with van der Waals surface area (Å²) in [5, 5.41) is 0. The summed E-state index contributed by atoms with van der Waals surface area (Å²) in [7, 11) is 0. The smallest absolute Gasteiger partial charge is 0.0816 e. The Labute approximate surface area is 62.7 Å². The van der Waals surface area contributed by atoms with Gasteiger partial charge in [0.2, 0.25) is 0 Å². The monoisotopic (exact) mass is 144 g/mol. The fourth-order valence-electron chi connectivity index (χ4n) is 1.34. The number of rotatable bonds is 3. The number of ether oxygens (including phenoxy) is 1. The van der Waals surface area contributed by atoms with E-state index in [0.29, 0.717) is 12.1 Å². The quantitative estimate of drug-likeness (QED) is 0.618. The fraction of sp³-hybridized carbons (Fsp3) is 1.00. The zero-order chi connectivity index (χ0) is 7.40. The largest absolute Gasteiger partial charge is 0.378 e. The van der Waals surface area contributed by atoms with Crippen LogP contribution in [-0.4, -0.2) is 18.8 Å². The van der Waals surface area contributed by atoms with Crippen LogP contribution in [0.15, 0.2) is 0 Å². The molecule has 2 atom stereocenters. The highest BCUT2D eigenvalue weighted by molar-refractivity contribution is 4.65. The summed E-state index contributed by atoms with van der Waals surface area (Å²) in [5.41, 5.74) is 3.94. The van der Waals surface area contributed by atoms with Crippen molar-refractivity contribution in [3.63, 3.8) is 0 Å². The summed E-state index contributed by atoms with van der Waals surface area (Å²) >= 11 is 0. The molecular formula is C8H18NO+. The second-order valence-electron chi connectivity index (χ2n) is 3.32. The Balaban J connectivity index is 2.01. The normalized spacial score (nSPS) is 28.8. The van der Waals surface area contributed by atoms with Crippen LogP contribution in [0.3, 0.4) is 0 Å². The van der Waals surface area contributed by atoms with E-state index >= 15 is 0 Å². The molecule has 0 radical (unpaired) electrons. The van der Waals surface area contributed by atoms with Gasteiger partial charge in [0.05, 0.1) is 12.1 Å². The van der Waals surface area contributed by atoms with Crippen LogP contribution in [0.2, 0.25) is 0 Å². The van der Waals surface area contributed by atoms with Gasteiger partial charge in [-0.2, -0.15) is 0 Å². The van der Waals surface area contributed by atoms with Crippen LogP contribution in [0.5, 0.6) is 0 Å². The number of hydrogen-bond donors (Lipinski definition) is 1. The molecule has 0 bridgehead atoms. The second-order valence-corrected chi connectivity index (χ2v) is 3.32. The minimum absolute atomic E-state index is 0.559. The van der Waals surface area contributed by atoms with Crippen LogP contribution < -0.4 is 5.73 Å². The summed E-state index contributed by atoms with van der Waals surface area (Å²) < 4.78 is 5.48. The Kier molecular flexibility index (Phi) is 3.16. The van der Waals surface area contributed by atoms with Crippen molar-refractivity contribution >= 4 is 0 Å². The van der Waals surface area contributed by atoms with E-state index < -0.39 is 0 Å². The predicted molar refractivity (Wildman–Crippen MR) is 40.6 cm³/mol. The number of hydrogen-bond acceptors (Lipinski definition) is 1. The van der Waals surface area contributed by atoms with Crippen molar-refractivity contribution in [2.75, 3.05) is 6.61 Å². The predicted octanol–water partition coefficient (Wildman–Crippen LogP) is 0.576. The lowest BCUT2D eigenvalue weighted by Gasteiger charge is -2.08. The molecule has 2 nitrogen and oxygen atoms in total. The van der Waals surface area contributed by atoms with Gasteiger partial charge in [0.25, 0.3) is 0 Å². The molecule has 60 valence electrons. The topological polar surface area (TPSA) is 36.9 Å². The van der Waals surface area contributed by atoms with Crippen molar-refractivity contribution < 1.29 is 10.5 Å². The molecule has 10 heavy (non-hydrogen) atoms. The summed E-state index contributed by atoms with van der Waals surface area (Å²) in [6, 6.07) is 0.587. The van der Waals surface area contributed by atoms with E-state index in [1.807, 2.05) is 0 Å². The summed E-state index contributed by atoms with van der Waals surface area (Å²) in [4.78, 5) is 0. The highest BCUT2D eigenvalue weighted by atomic mass is 16.5. The van der Waals surface area contributed by atoms with Gasteiger partial charge in [-0.05, 0) is 26.2 Å². The molecule has 1 saturated heterocycles. The molecule has 0 amide bonds. The standard InChI is InChI=1S/C8H17NO/c1-7(9)4-5-8-3-2-6-10-8/h7-8H,2-6,9H2,1H3/p+1/t7-,8-/m1/s1. The zero-order valence-electron chi connectivity index (χ0n) is 6.81. The Morgan fingerprint density at radius 1 is 1.70 bits per heavy atom. The molecule has 0 saturated carbocycles. The van der Waals surface area contributed by atoms with Crippen molar-refractivity contribution in [2.24, 2.45) is 0 Å². The van der Waals surface area contributed by atoms with E-state index in [0.717, 1.165) is 6.61 Å². The van der Waals surface area contributed by atoms with E-state index in [-0.39, 0.29) is 0 Å². The molecule has 0 spiro atoms. The van der Waals surface area contributed by atoms with Crippen LogP contribution >= 0.6 is 0 Å². The SMILES string of the molecule is C[C@@H]([NH3+])CC[C@H]1CCCO1. The molecule has 0 aromatic heterocycles. The lowest BCUT2D eigenvalue weighted by Crippen LogP contribution is -2.59. The molecule has 0 aromatic rings. The maximum Gasteiger partial charge on any atom is 0.0816 e. The van der Waals surface area contributed by atoms with E-state index in [2.05, 4.69) is 12.7 Å². The third kappa shape index (κ3) is 2.67. The molecule has 2 heteroatoms. The van der Waals surface area contributed by atoms with Crippen molar-refractivity contribution in [1.82, 2.24) is 0 Å². The van der Waals surface area contributed by atoms with Crippen molar-refractivity contribution in [1.29, 1.82) is 0 Å². The molecule has 1 aliphatic heterocycles. The molecular weight excluding hydrogens is 126 g/mol. The Morgan fingerprint density at radius 2 is 2.50 bits per heavy atom. The molecule has 1 heterocycles. The van der Waals surface area contributed by atoms with Gasteiger partial charge in [-0.15, -0.1) is 0 Å². The van der Waals surface area contributed by atoms with Crippen LogP contribution in [0.1, 0.15) is 32.6 Å². The minimum Gasteiger partial charge on any atom is -0.378 e. The maximum atomic E-state index is 5.48. The third-order valence-electron chi connectivity index (χ3n) is 2.01. The van der Waals surface area contributed by atoms with Gasteiger partial charge in [0.1, 0.15) is 0 Å². The lowest BCUT2D eigenvalue weighted by atomic mass is 10.1. The highest BCUT2D eigenvalue weighted by Gasteiger charge is 2.15. The summed E-state index contributed by atoms with van der Waals surface area (Å²) in [6.07, 6.45) is 5.52. The average molecular weight is 144 g/mol. The Bertz CT molecular complexity index is 87.3. The Morgan fingerprint density at radius 3 is 3.00 bits per heavy atom. The van der Waals surface area contributed by atoms with Gasteiger partial charge in [-0.1, -0.05) is 0 Å².